The van der Waals surface area contributed by atoms with E-state index in [0.29, 0.717) is 11.1 Å². The van der Waals surface area contributed by atoms with E-state index in [9.17, 15) is 18.3 Å². The molecule has 2 atom stereocenters. The molecule has 7 nitrogen and oxygen atoms in total. The molecule has 0 saturated carbocycles. The van der Waals surface area contributed by atoms with Crippen molar-refractivity contribution in [2.75, 3.05) is 32.9 Å². The third-order valence-electron chi connectivity index (χ3n) is 4.54. The molecule has 0 radical (unpaired) electrons. The summed E-state index contributed by atoms with van der Waals surface area (Å²) in [5, 5.41) is 11.1. The first-order valence-corrected chi connectivity index (χ1v) is 9.62. The van der Waals surface area contributed by atoms with Gasteiger partial charge in [-0.25, -0.2) is 12.7 Å². The van der Waals surface area contributed by atoms with Crippen molar-refractivity contribution in [3.63, 3.8) is 0 Å². The average molecular weight is 363 g/mol. The summed E-state index contributed by atoms with van der Waals surface area (Å²) in [7, 11) is -0.521. The SMILES string of the molecule is CN(C)S(=O)(=O)C[C@@H]1CN(C(=O)c2cccc3cccnc23)C[C@@H]1O. The molecule has 0 aliphatic carbocycles. The van der Waals surface area contributed by atoms with Gasteiger partial charge in [0.25, 0.3) is 5.91 Å². The second-order valence-corrected chi connectivity index (χ2v) is 8.71. The summed E-state index contributed by atoms with van der Waals surface area (Å²) in [6, 6.07) is 9.05. The number of β-amino-alcohol motifs (C(OH)–C–C–N with tert-alkyl or cyclic N) is 1. The molecule has 3 rings (SSSR count). The van der Waals surface area contributed by atoms with Crippen LogP contribution in [-0.4, -0.2) is 72.7 Å². The van der Waals surface area contributed by atoms with E-state index in [0.717, 1.165) is 9.69 Å². The van der Waals surface area contributed by atoms with Gasteiger partial charge in [-0.3, -0.25) is 9.78 Å². The lowest BCUT2D eigenvalue weighted by atomic mass is 10.1. The van der Waals surface area contributed by atoms with Gasteiger partial charge in [-0.1, -0.05) is 18.2 Å². The molecule has 134 valence electrons. The number of benzene rings is 1. The van der Waals surface area contributed by atoms with Crippen LogP contribution in [0.25, 0.3) is 10.9 Å². The number of carbonyl (C=O) groups is 1. The van der Waals surface area contributed by atoms with E-state index in [1.807, 2.05) is 12.1 Å². The predicted octanol–water partition coefficient (Wildman–Crippen LogP) is 0.559. The zero-order valence-corrected chi connectivity index (χ0v) is 15.0. The summed E-state index contributed by atoms with van der Waals surface area (Å²) < 4.78 is 25.2. The number of likely N-dealkylation sites (tertiary alicyclic amines) is 1. The summed E-state index contributed by atoms with van der Waals surface area (Å²) in [4.78, 5) is 18.7. The van der Waals surface area contributed by atoms with Crippen LogP contribution in [0.1, 0.15) is 10.4 Å². The molecular weight excluding hydrogens is 342 g/mol. The molecule has 0 unspecified atom stereocenters. The van der Waals surface area contributed by atoms with Gasteiger partial charge in [0.05, 0.1) is 22.9 Å². The standard InChI is InChI=1S/C17H21N3O4S/c1-19(2)25(23,24)11-13-9-20(10-15(13)21)17(22)14-7-3-5-12-6-4-8-18-16(12)14/h3-8,13,15,21H,9-11H2,1-2H3/t13-,15-/m0/s1. The number of aliphatic hydroxyl groups is 1. The Labute approximate surface area is 146 Å². The summed E-state index contributed by atoms with van der Waals surface area (Å²) in [6.07, 6.45) is 0.770. The topological polar surface area (TPSA) is 90.8 Å². The van der Waals surface area contributed by atoms with E-state index < -0.39 is 22.0 Å². The van der Waals surface area contributed by atoms with Crippen LogP contribution >= 0.6 is 0 Å². The van der Waals surface area contributed by atoms with Crippen LogP contribution < -0.4 is 0 Å². The molecule has 25 heavy (non-hydrogen) atoms. The Balaban J connectivity index is 1.82. The molecule has 2 heterocycles. The predicted molar refractivity (Wildman–Crippen MR) is 94.6 cm³/mol. The molecule has 1 N–H and O–H groups in total. The van der Waals surface area contributed by atoms with Crippen molar-refractivity contribution in [2.45, 2.75) is 6.10 Å². The van der Waals surface area contributed by atoms with Crippen LogP contribution in [0.5, 0.6) is 0 Å². The van der Waals surface area contributed by atoms with E-state index in [-0.39, 0.29) is 24.7 Å². The summed E-state index contributed by atoms with van der Waals surface area (Å²) in [5.74, 6) is -0.925. The monoisotopic (exact) mass is 363 g/mol. The average Bonchev–Trinajstić information content (AvgIpc) is 2.93. The molecule has 0 spiro atoms. The molecule has 0 bridgehead atoms. The Morgan fingerprint density at radius 2 is 2.00 bits per heavy atom. The lowest BCUT2D eigenvalue weighted by Crippen LogP contribution is -2.33. The number of carbonyl (C=O) groups excluding carboxylic acids is 1. The second kappa shape index (κ2) is 6.70. The van der Waals surface area contributed by atoms with Crippen molar-refractivity contribution < 1.29 is 18.3 Å². The van der Waals surface area contributed by atoms with Crippen LogP contribution in [0.15, 0.2) is 36.5 Å². The quantitative estimate of drug-likeness (QED) is 0.857. The van der Waals surface area contributed by atoms with Crippen molar-refractivity contribution in [1.29, 1.82) is 0 Å². The number of hydrogen-bond acceptors (Lipinski definition) is 5. The van der Waals surface area contributed by atoms with Gasteiger partial charge >= 0.3 is 0 Å². The van der Waals surface area contributed by atoms with Crippen LogP contribution in [0, 0.1) is 5.92 Å². The van der Waals surface area contributed by atoms with Crippen LogP contribution in [-0.2, 0) is 10.0 Å². The van der Waals surface area contributed by atoms with Crippen LogP contribution in [0.4, 0.5) is 0 Å². The Morgan fingerprint density at radius 3 is 2.72 bits per heavy atom. The van der Waals surface area contributed by atoms with Gasteiger partial charge < -0.3 is 10.0 Å². The lowest BCUT2D eigenvalue weighted by molar-refractivity contribution is 0.0766. The maximum Gasteiger partial charge on any atom is 0.256 e. The van der Waals surface area contributed by atoms with Gasteiger partial charge in [-0.05, 0) is 12.1 Å². The molecule has 1 aliphatic heterocycles. The van der Waals surface area contributed by atoms with Gasteiger partial charge in [0.15, 0.2) is 0 Å². The minimum Gasteiger partial charge on any atom is -0.391 e. The van der Waals surface area contributed by atoms with Gasteiger partial charge in [-0.2, -0.15) is 0 Å². The number of hydrogen-bond donors (Lipinski definition) is 1. The number of aliphatic hydroxyl groups excluding tert-OH is 1. The maximum atomic E-state index is 12.9. The van der Waals surface area contributed by atoms with Gasteiger partial charge in [0.1, 0.15) is 0 Å². The van der Waals surface area contributed by atoms with Crippen molar-refractivity contribution in [3.05, 3.63) is 42.1 Å². The molecule has 1 amide bonds. The Bertz CT molecular complexity index is 892. The first-order valence-electron chi connectivity index (χ1n) is 8.01. The number of para-hydroxylation sites is 1. The molecule has 1 aromatic heterocycles. The van der Waals surface area contributed by atoms with Gasteiger partial charge in [-0.15, -0.1) is 0 Å². The highest BCUT2D eigenvalue weighted by Crippen LogP contribution is 2.24. The minimum atomic E-state index is -3.44. The number of amides is 1. The Morgan fingerprint density at radius 1 is 1.28 bits per heavy atom. The van der Waals surface area contributed by atoms with Gasteiger partial charge in [0, 0.05) is 44.7 Å². The highest BCUT2D eigenvalue weighted by molar-refractivity contribution is 7.89. The minimum absolute atomic E-state index is 0.121. The number of pyridine rings is 1. The molecular formula is C17H21N3O4S. The van der Waals surface area contributed by atoms with E-state index in [1.54, 1.807) is 24.4 Å². The summed E-state index contributed by atoms with van der Waals surface area (Å²) >= 11 is 0. The van der Waals surface area contributed by atoms with E-state index >= 15 is 0 Å². The number of fused-ring (bicyclic) bond motifs is 1. The largest absolute Gasteiger partial charge is 0.391 e. The van der Waals surface area contributed by atoms with Crippen LogP contribution in [0.2, 0.25) is 0 Å². The molecule has 1 saturated heterocycles. The molecule has 1 fully saturated rings. The normalized spacial score (nSPS) is 21.2. The Hall–Kier alpha value is -2.03. The van der Waals surface area contributed by atoms with E-state index in [2.05, 4.69) is 4.98 Å². The van der Waals surface area contributed by atoms with Crippen molar-refractivity contribution in [1.82, 2.24) is 14.2 Å². The summed E-state index contributed by atoms with van der Waals surface area (Å²) in [5.41, 5.74) is 1.07. The summed E-state index contributed by atoms with van der Waals surface area (Å²) in [6.45, 7) is 0.325. The third-order valence-corrected chi connectivity index (χ3v) is 6.50. The van der Waals surface area contributed by atoms with E-state index in [1.165, 1.54) is 19.0 Å². The zero-order valence-electron chi connectivity index (χ0n) is 14.2. The first kappa shape index (κ1) is 17.8. The molecule has 1 aliphatic rings. The Kier molecular flexibility index (Phi) is 4.77. The van der Waals surface area contributed by atoms with Crippen molar-refractivity contribution >= 4 is 26.8 Å². The second-order valence-electron chi connectivity index (χ2n) is 6.48. The molecule has 1 aromatic carbocycles. The van der Waals surface area contributed by atoms with Gasteiger partial charge in [0.2, 0.25) is 10.0 Å². The van der Waals surface area contributed by atoms with Crippen molar-refractivity contribution in [2.24, 2.45) is 5.92 Å². The smallest absolute Gasteiger partial charge is 0.256 e. The molecule has 8 heteroatoms. The number of aromatic nitrogens is 1. The first-order chi connectivity index (χ1) is 11.8. The highest BCUT2D eigenvalue weighted by atomic mass is 32.2. The highest BCUT2D eigenvalue weighted by Gasteiger charge is 2.37. The number of sulfonamides is 1. The van der Waals surface area contributed by atoms with Crippen molar-refractivity contribution in [3.8, 4) is 0 Å². The fraction of sp³-hybridized carbons (Fsp3) is 0.412. The lowest BCUT2D eigenvalue weighted by Gasteiger charge is -2.18. The fourth-order valence-corrected chi connectivity index (χ4v) is 4.22. The number of rotatable bonds is 4. The van der Waals surface area contributed by atoms with E-state index in [4.69, 9.17) is 0 Å². The fourth-order valence-electron chi connectivity index (χ4n) is 3.05. The maximum absolute atomic E-state index is 12.9. The number of nitrogens with zero attached hydrogens (tertiary/aromatic N) is 3. The molecule has 2 aromatic rings. The third kappa shape index (κ3) is 3.51. The zero-order chi connectivity index (χ0) is 18.2. The van der Waals surface area contributed by atoms with Crippen LogP contribution in [0.3, 0.4) is 0 Å².